The quantitative estimate of drug-likeness (QED) is 0.815. The molecule has 2 heterocycles. The van der Waals surface area contributed by atoms with Crippen molar-refractivity contribution in [3.63, 3.8) is 0 Å². The molecule has 1 aliphatic heterocycles. The number of aromatic nitrogens is 1. The van der Waals surface area contributed by atoms with Crippen LogP contribution in [0.3, 0.4) is 0 Å². The van der Waals surface area contributed by atoms with Gasteiger partial charge in [-0.2, -0.15) is 5.10 Å². The normalized spacial score (nSPS) is 18.6. The molecule has 0 unspecified atom stereocenters. The summed E-state index contributed by atoms with van der Waals surface area (Å²) in [5, 5.41) is 7.53. The SMILES string of the molecule is COC(=O)c1c(C)[nH]c(C2=NN(C)C(=NCc3ccccc3)S[C@H]2C)c1C. The number of nitrogens with zero attached hydrogens (tertiary/aromatic N) is 3. The van der Waals surface area contributed by atoms with Gasteiger partial charge in [-0.15, -0.1) is 0 Å². The highest BCUT2D eigenvalue weighted by molar-refractivity contribution is 8.15. The van der Waals surface area contributed by atoms with Crippen LogP contribution >= 0.6 is 11.8 Å². The first-order valence-corrected chi connectivity index (χ1v) is 9.65. The van der Waals surface area contributed by atoms with Gasteiger partial charge in [0, 0.05) is 12.7 Å². The van der Waals surface area contributed by atoms with Crippen molar-refractivity contribution in [2.45, 2.75) is 32.6 Å². The predicted octanol–water partition coefficient (Wildman–Crippen LogP) is 3.75. The number of aliphatic imine (C=N–C) groups is 1. The zero-order valence-corrected chi connectivity index (χ0v) is 17.1. The molecule has 0 aliphatic carbocycles. The van der Waals surface area contributed by atoms with Crippen LogP contribution in [0.2, 0.25) is 0 Å². The molecule has 0 radical (unpaired) electrons. The van der Waals surface area contributed by atoms with E-state index in [4.69, 9.17) is 14.8 Å². The van der Waals surface area contributed by atoms with Crippen LogP contribution in [-0.2, 0) is 11.3 Å². The Hall–Kier alpha value is -2.54. The third-order valence-corrected chi connectivity index (χ3v) is 5.71. The number of methoxy groups -OCH3 is 1. The standard InChI is InChI=1S/C20H24N4O2S/c1-12-16(19(25)26-5)13(2)22-17(12)18-14(3)27-20(24(4)23-18)21-11-15-9-7-6-8-10-15/h6-10,14,22H,11H2,1-5H3/t14-/m0/s1. The van der Waals surface area contributed by atoms with E-state index in [1.54, 1.807) is 16.8 Å². The Morgan fingerprint density at radius 2 is 2.04 bits per heavy atom. The zero-order valence-electron chi connectivity index (χ0n) is 16.2. The van der Waals surface area contributed by atoms with Gasteiger partial charge in [0.15, 0.2) is 5.17 Å². The van der Waals surface area contributed by atoms with Gasteiger partial charge in [0.05, 0.1) is 35.9 Å². The fourth-order valence-electron chi connectivity index (χ4n) is 3.13. The highest BCUT2D eigenvalue weighted by Crippen LogP contribution is 2.29. The fraction of sp³-hybridized carbons (Fsp3) is 0.350. The third kappa shape index (κ3) is 3.93. The van der Waals surface area contributed by atoms with Gasteiger partial charge in [0.25, 0.3) is 0 Å². The number of thioether (sulfide) groups is 1. The number of aromatic amines is 1. The number of hydrogen-bond acceptors (Lipinski definition) is 5. The average Bonchev–Trinajstić information content (AvgIpc) is 2.96. The lowest BCUT2D eigenvalue weighted by atomic mass is 10.1. The summed E-state index contributed by atoms with van der Waals surface area (Å²) >= 11 is 1.66. The van der Waals surface area contributed by atoms with E-state index in [1.165, 1.54) is 12.7 Å². The molecule has 1 aromatic carbocycles. The maximum atomic E-state index is 12.1. The van der Waals surface area contributed by atoms with Gasteiger partial charge in [-0.1, -0.05) is 42.1 Å². The third-order valence-electron chi connectivity index (χ3n) is 4.52. The van der Waals surface area contributed by atoms with Gasteiger partial charge in [-0.3, -0.25) is 4.99 Å². The van der Waals surface area contributed by atoms with Crippen LogP contribution in [-0.4, -0.2) is 46.2 Å². The molecule has 0 saturated heterocycles. The molecule has 1 atom stereocenters. The first kappa shape index (κ1) is 19.2. The first-order valence-electron chi connectivity index (χ1n) is 8.77. The van der Waals surface area contributed by atoms with Crippen LogP contribution in [0.25, 0.3) is 0 Å². The van der Waals surface area contributed by atoms with Crippen molar-refractivity contribution in [1.29, 1.82) is 0 Å². The van der Waals surface area contributed by atoms with Gasteiger partial charge in [0.1, 0.15) is 0 Å². The Balaban J connectivity index is 1.88. The minimum Gasteiger partial charge on any atom is -0.465 e. The second-order valence-corrected chi connectivity index (χ2v) is 7.78. The van der Waals surface area contributed by atoms with Gasteiger partial charge in [0.2, 0.25) is 0 Å². The molecule has 0 bridgehead atoms. The number of aryl methyl sites for hydroxylation is 1. The van der Waals surface area contributed by atoms with Gasteiger partial charge in [-0.05, 0) is 31.9 Å². The zero-order chi connectivity index (χ0) is 19.6. The van der Waals surface area contributed by atoms with Crippen molar-refractivity contribution in [1.82, 2.24) is 9.99 Å². The molecule has 1 aliphatic rings. The van der Waals surface area contributed by atoms with Crippen LogP contribution in [0.15, 0.2) is 40.4 Å². The van der Waals surface area contributed by atoms with E-state index in [0.717, 1.165) is 27.8 Å². The second kappa shape index (κ2) is 8.00. The first-order chi connectivity index (χ1) is 12.9. The van der Waals surface area contributed by atoms with E-state index < -0.39 is 0 Å². The molecular formula is C20H24N4O2S. The smallest absolute Gasteiger partial charge is 0.339 e. The molecular weight excluding hydrogens is 360 g/mol. The highest BCUT2D eigenvalue weighted by Gasteiger charge is 2.29. The lowest BCUT2D eigenvalue weighted by Crippen LogP contribution is -2.33. The van der Waals surface area contributed by atoms with Gasteiger partial charge >= 0.3 is 5.97 Å². The van der Waals surface area contributed by atoms with E-state index in [0.29, 0.717) is 12.1 Å². The Bertz CT molecular complexity index is 902. The molecule has 27 heavy (non-hydrogen) atoms. The van der Waals surface area contributed by atoms with Crippen molar-refractivity contribution in [2.75, 3.05) is 14.2 Å². The number of H-pyrrole nitrogens is 1. The summed E-state index contributed by atoms with van der Waals surface area (Å²) in [5.74, 6) is -0.331. The number of benzene rings is 1. The van der Waals surface area contributed by atoms with E-state index in [1.807, 2.05) is 39.1 Å². The maximum Gasteiger partial charge on any atom is 0.339 e. The molecule has 0 fully saturated rings. The van der Waals surface area contributed by atoms with Crippen LogP contribution in [0.5, 0.6) is 0 Å². The number of carbonyl (C=O) groups is 1. The van der Waals surface area contributed by atoms with E-state index in [-0.39, 0.29) is 11.2 Å². The van der Waals surface area contributed by atoms with Crippen LogP contribution < -0.4 is 0 Å². The molecule has 6 nitrogen and oxygen atoms in total. The van der Waals surface area contributed by atoms with Crippen molar-refractivity contribution in [3.8, 4) is 0 Å². The summed E-state index contributed by atoms with van der Waals surface area (Å²) in [4.78, 5) is 20.1. The number of esters is 1. The lowest BCUT2D eigenvalue weighted by molar-refractivity contribution is 0.0599. The van der Waals surface area contributed by atoms with Crippen molar-refractivity contribution in [3.05, 3.63) is 58.4 Å². The number of hydrazone groups is 1. The number of ether oxygens (including phenoxy) is 1. The van der Waals surface area contributed by atoms with Crippen LogP contribution in [0.4, 0.5) is 0 Å². The summed E-state index contributed by atoms with van der Waals surface area (Å²) in [6, 6.07) is 10.2. The van der Waals surface area contributed by atoms with Crippen molar-refractivity contribution in [2.24, 2.45) is 10.1 Å². The number of amidine groups is 1. The van der Waals surface area contributed by atoms with E-state index in [2.05, 4.69) is 24.0 Å². The Morgan fingerprint density at radius 3 is 2.70 bits per heavy atom. The summed E-state index contributed by atoms with van der Waals surface area (Å²) in [6.45, 7) is 6.52. The predicted molar refractivity (Wildman–Crippen MR) is 111 cm³/mol. The Kier molecular flexibility index (Phi) is 5.70. The molecule has 0 amide bonds. The number of hydrogen-bond donors (Lipinski definition) is 1. The molecule has 3 rings (SSSR count). The maximum absolute atomic E-state index is 12.1. The fourth-order valence-corrected chi connectivity index (χ4v) is 4.05. The largest absolute Gasteiger partial charge is 0.465 e. The van der Waals surface area contributed by atoms with Crippen LogP contribution in [0, 0.1) is 13.8 Å². The summed E-state index contributed by atoms with van der Waals surface area (Å²) in [6.07, 6.45) is 0. The molecule has 0 spiro atoms. The molecule has 2 aromatic rings. The van der Waals surface area contributed by atoms with E-state index in [9.17, 15) is 4.79 Å². The highest BCUT2D eigenvalue weighted by atomic mass is 32.2. The topological polar surface area (TPSA) is 70.1 Å². The van der Waals surface area contributed by atoms with Gasteiger partial charge < -0.3 is 9.72 Å². The molecule has 1 aromatic heterocycles. The summed E-state index contributed by atoms with van der Waals surface area (Å²) in [5.41, 5.74) is 5.18. The second-order valence-electron chi connectivity index (χ2n) is 6.47. The van der Waals surface area contributed by atoms with Crippen LogP contribution in [0.1, 0.15) is 39.8 Å². The number of carbonyl (C=O) groups excluding carboxylic acids is 1. The minimum atomic E-state index is -0.331. The summed E-state index contributed by atoms with van der Waals surface area (Å²) in [7, 11) is 3.29. The lowest BCUT2D eigenvalue weighted by Gasteiger charge is -2.27. The van der Waals surface area contributed by atoms with E-state index >= 15 is 0 Å². The molecule has 1 N–H and O–H groups in total. The number of rotatable bonds is 4. The molecule has 7 heteroatoms. The average molecular weight is 385 g/mol. The molecule has 0 saturated carbocycles. The monoisotopic (exact) mass is 384 g/mol. The summed E-state index contributed by atoms with van der Waals surface area (Å²) < 4.78 is 4.90. The van der Waals surface area contributed by atoms with Gasteiger partial charge in [-0.25, -0.2) is 9.80 Å². The Labute approximate surface area is 163 Å². The Morgan fingerprint density at radius 1 is 1.33 bits per heavy atom. The minimum absolute atomic E-state index is 0.109. The van der Waals surface area contributed by atoms with Crippen molar-refractivity contribution >= 4 is 28.6 Å². The van der Waals surface area contributed by atoms with Crippen molar-refractivity contribution < 1.29 is 9.53 Å². The molecule has 142 valence electrons. The number of nitrogens with one attached hydrogen (secondary N) is 1.